The summed E-state index contributed by atoms with van der Waals surface area (Å²) in [5.41, 5.74) is 4.32. The third kappa shape index (κ3) is 2.41. The number of rotatable bonds is 2. The summed E-state index contributed by atoms with van der Waals surface area (Å²) >= 11 is 3.28. The molecule has 0 atom stereocenters. The monoisotopic (exact) mass is 250 g/mol. The van der Waals surface area contributed by atoms with E-state index in [1.807, 2.05) is 0 Å². The van der Waals surface area contributed by atoms with Crippen molar-refractivity contribution < 1.29 is 14.7 Å². The minimum absolute atomic E-state index is 0.263. The summed E-state index contributed by atoms with van der Waals surface area (Å²) in [5.74, 6) is -0.885. The smallest absolute Gasteiger partial charge is 0.264 e. The van der Waals surface area contributed by atoms with Crippen LogP contribution in [0.15, 0.2) is 0 Å². The third-order valence-corrected chi connectivity index (χ3v) is 3.17. The van der Waals surface area contributed by atoms with Crippen molar-refractivity contribution in [1.29, 1.82) is 0 Å². The fraction of sp³-hybridized carbons (Fsp3) is 0.714. The second-order valence-electron chi connectivity index (χ2n) is 2.98. The van der Waals surface area contributed by atoms with E-state index in [1.165, 1.54) is 0 Å². The van der Waals surface area contributed by atoms with Crippen LogP contribution < -0.4 is 10.9 Å². The molecule has 0 unspecified atom stereocenters. The molecule has 2 amide bonds. The molecular formula is C7H11BrN2O3. The third-order valence-electron chi connectivity index (χ3n) is 2.01. The Morgan fingerprint density at radius 2 is 2.00 bits per heavy atom. The van der Waals surface area contributed by atoms with E-state index in [0.29, 0.717) is 0 Å². The van der Waals surface area contributed by atoms with Gasteiger partial charge in [-0.3, -0.25) is 20.4 Å². The van der Waals surface area contributed by atoms with Crippen molar-refractivity contribution in [3.05, 3.63) is 0 Å². The predicted octanol–water partition coefficient (Wildman–Crippen LogP) is -0.556. The lowest BCUT2D eigenvalue weighted by molar-refractivity contribution is -0.132. The highest BCUT2D eigenvalue weighted by Crippen LogP contribution is 2.39. The minimum Gasteiger partial charge on any atom is -0.386 e. The molecule has 0 heterocycles. The lowest BCUT2D eigenvalue weighted by Crippen LogP contribution is -2.53. The Morgan fingerprint density at radius 1 is 1.38 bits per heavy atom. The number of carbonyl (C=O) groups is 2. The number of hydrogen-bond acceptors (Lipinski definition) is 3. The van der Waals surface area contributed by atoms with Gasteiger partial charge in [-0.2, -0.15) is 0 Å². The van der Waals surface area contributed by atoms with Crippen LogP contribution in [0.2, 0.25) is 0 Å². The van der Waals surface area contributed by atoms with Gasteiger partial charge in [-0.05, 0) is 19.3 Å². The Bertz CT molecular complexity index is 228. The lowest BCUT2D eigenvalue weighted by atomic mass is 9.84. The van der Waals surface area contributed by atoms with E-state index in [1.54, 1.807) is 0 Å². The fourth-order valence-corrected chi connectivity index (χ4v) is 1.65. The summed E-state index contributed by atoms with van der Waals surface area (Å²) in [6, 6.07) is 0. The van der Waals surface area contributed by atoms with E-state index in [4.69, 9.17) is 5.11 Å². The molecule has 0 aromatic carbocycles. The molecule has 0 radical (unpaired) electrons. The number of aliphatic hydroxyl groups excluding tert-OH is 1. The zero-order chi connectivity index (χ0) is 9.90. The number of carbonyl (C=O) groups excluding carboxylic acids is 2. The van der Waals surface area contributed by atoms with Crippen molar-refractivity contribution in [2.75, 3.05) is 6.61 Å². The van der Waals surface area contributed by atoms with E-state index in [0.717, 1.165) is 19.3 Å². The molecule has 1 aliphatic carbocycles. The second-order valence-corrected chi connectivity index (χ2v) is 4.50. The van der Waals surface area contributed by atoms with Crippen LogP contribution in [0.3, 0.4) is 0 Å². The molecule has 0 aromatic rings. The van der Waals surface area contributed by atoms with Gasteiger partial charge in [0.1, 0.15) is 10.9 Å². The largest absolute Gasteiger partial charge is 0.386 e. The summed E-state index contributed by atoms with van der Waals surface area (Å²) in [4.78, 5) is 21.9. The molecule has 1 aliphatic rings. The van der Waals surface area contributed by atoms with Gasteiger partial charge in [-0.25, -0.2) is 0 Å². The Labute approximate surface area is 84.0 Å². The topological polar surface area (TPSA) is 78.4 Å². The SMILES string of the molecule is O=C(CO)NNC(=O)C1(Br)CCC1. The molecule has 0 saturated heterocycles. The van der Waals surface area contributed by atoms with Gasteiger partial charge in [0.25, 0.3) is 11.8 Å². The molecule has 13 heavy (non-hydrogen) atoms. The summed E-state index contributed by atoms with van der Waals surface area (Å²) < 4.78 is -0.518. The van der Waals surface area contributed by atoms with Gasteiger partial charge in [0.05, 0.1) is 0 Å². The van der Waals surface area contributed by atoms with Crippen molar-refractivity contribution in [2.24, 2.45) is 0 Å². The van der Waals surface area contributed by atoms with Crippen LogP contribution in [0, 0.1) is 0 Å². The van der Waals surface area contributed by atoms with Gasteiger partial charge in [0.2, 0.25) is 0 Å². The van der Waals surface area contributed by atoms with Gasteiger partial charge >= 0.3 is 0 Å². The molecular weight excluding hydrogens is 240 g/mol. The Morgan fingerprint density at radius 3 is 2.38 bits per heavy atom. The first kappa shape index (κ1) is 10.5. The summed E-state index contributed by atoms with van der Waals surface area (Å²) in [5, 5.41) is 8.35. The molecule has 1 fully saturated rings. The normalized spacial score (nSPS) is 18.6. The van der Waals surface area contributed by atoms with Crippen molar-refractivity contribution in [1.82, 2.24) is 10.9 Å². The first-order valence-corrected chi connectivity index (χ1v) is 4.77. The first-order valence-electron chi connectivity index (χ1n) is 3.97. The number of nitrogens with one attached hydrogen (secondary N) is 2. The molecule has 74 valence electrons. The standard InChI is InChI=1S/C7H11BrN2O3/c8-7(2-1-3-7)6(13)10-9-5(12)4-11/h11H,1-4H2,(H,9,12)(H,10,13). The van der Waals surface area contributed by atoms with Gasteiger partial charge in [0, 0.05) is 0 Å². The summed E-state index contributed by atoms with van der Waals surface area (Å²) in [6.45, 7) is -0.629. The highest BCUT2D eigenvalue weighted by molar-refractivity contribution is 9.10. The fourth-order valence-electron chi connectivity index (χ4n) is 0.992. The summed E-state index contributed by atoms with van der Waals surface area (Å²) in [7, 11) is 0. The quantitative estimate of drug-likeness (QED) is 0.455. The highest BCUT2D eigenvalue weighted by atomic mass is 79.9. The Kier molecular flexibility index (Phi) is 3.27. The summed E-state index contributed by atoms with van der Waals surface area (Å²) in [6.07, 6.45) is 2.55. The number of hydrogen-bond donors (Lipinski definition) is 3. The number of halogens is 1. The second kappa shape index (κ2) is 4.06. The van der Waals surface area contributed by atoms with Crippen LogP contribution >= 0.6 is 15.9 Å². The average molecular weight is 251 g/mol. The van der Waals surface area contributed by atoms with E-state index in [9.17, 15) is 9.59 Å². The van der Waals surface area contributed by atoms with Crippen molar-refractivity contribution in [2.45, 2.75) is 23.6 Å². The average Bonchev–Trinajstić information content (AvgIpc) is 2.09. The van der Waals surface area contributed by atoms with Crippen LogP contribution in [-0.2, 0) is 9.59 Å². The molecule has 0 bridgehead atoms. The van der Waals surface area contributed by atoms with Crippen LogP contribution in [0.1, 0.15) is 19.3 Å². The molecule has 1 rings (SSSR count). The maximum Gasteiger partial charge on any atom is 0.264 e. The Hall–Kier alpha value is -0.620. The van der Waals surface area contributed by atoms with Crippen LogP contribution in [-0.4, -0.2) is 27.9 Å². The molecule has 3 N–H and O–H groups in total. The van der Waals surface area contributed by atoms with Crippen molar-refractivity contribution in [3.63, 3.8) is 0 Å². The zero-order valence-electron chi connectivity index (χ0n) is 6.97. The maximum atomic E-state index is 11.3. The predicted molar refractivity (Wildman–Crippen MR) is 48.9 cm³/mol. The first-order chi connectivity index (χ1) is 6.08. The van der Waals surface area contributed by atoms with Crippen LogP contribution in [0.25, 0.3) is 0 Å². The molecule has 5 nitrogen and oxygen atoms in total. The van der Waals surface area contributed by atoms with Gasteiger partial charge in [0.15, 0.2) is 0 Å². The number of aliphatic hydroxyl groups is 1. The minimum atomic E-state index is -0.629. The van der Waals surface area contributed by atoms with Gasteiger partial charge in [-0.1, -0.05) is 15.9 Å². The zero-order valence-corrected chi connectivity index (χ0v) is 8.56. The highest BCUT2D eigenvalue weighted by Gasteiger charge is 2.41. The molecule has 0 aliphatic heterocycles. The molecule has 6 heteroatoms. The lowest BCUT2D eigenvalue weighted by Gasteiger charge is -2.34. The van der Waals surface area contributed by atoms with Crippen molar-refractivity contribution >= 4 is 27.7 Å². The van der Waals surface area contributed by atoms with Crippen LogP contribution in [0.5, 0.6) is 0 Å². The van der Waals surface area contributed by atoms with E-state index >= 15 is 0 Å². The number of hydrazine groups is 1. The number of alkyl halides is 1. The van der Waals surface area contributed by atoms with E-state index < -0.39 is 16.8 Å². The molecule has 1 saturated carbocycles. The maximum absolute atomic E-state index is 11.3. The van der Waals surface area contributed by atoms with Gasteiger partial charge < -0.3 is 5.11 Å². The van der Waals surface area contributed by atoms with Gasteiger partial charge in [-0.15, -0.1) is 0 Å². The Balaban J connectivity index is 2.29. The molecule has 0 aromatic heterocycles. The van der Waals surface area contributed by atoms with Crippen molar-refractivity contribution in [3.8, 4) is 0 Å². The molecule has 0 spiro atoms. The van der Waals surface area contributed by atoms with E-state index in [-0.39, 0.29) is 5.91 Å². The van der Waals surface area contributed by atoms with E-state index in [2.05, 4.69) is 26.8 Å². The van der Waals surface area contributed by atoms with Crippen LogP contribution in [0.4, 0.5) is 0 Å². The number of amides is 2.